The van der Waals surface area contributed by atoms with Gasteiger partial charge in [-0.3, -0.25) is 4.79 Å². The predicted octanol–water partition coefficient (Wildman–Crippen LogP) is 0.993. The average Bonchev–Trinajstić information content (AvgIpc) is 3.24. The van der Waals surface area contributed by atoms with Gasteiger partial charge < -0.3 is 14.4 Å². The van der Waals surface area contributed by atoms with Crippen LogP contribution in [0.5, 0.6) is 0 Å². The molecule has 2 aliphatic rings. The van der Waals surface area contributed by atoms with Gasteiger partial charge in [0.15, 0.2) is 0 Å². The van der Waals surface area contributed by atoms with Crippen LogP contribution in [0.15, 0.2) is 0 Å². The number of rotatable bonds is 4. The second kappa shape index (κ2) is 5.75. The zero-order chi connectivity index (χ0) is 15.0. The normalized spacial score (nSPS) is 22.9. The van der Waals surface area contributed by atoms with Gasteiger partial charge in [-0.1, -0.05) is 0 Å². The van der Waals surface area contributed by atoms with Gasteiger partial charge in [-0.05, 0) is 39.8 Å². The third-order valence-electron chi connectivity index (χ3n) is 4.48. The second-order valence-electron chi connectivity index (χ2n) is 6.67. The molecule has 1 aromatic rings. The largest absolute Gasteiger partial charge is 0.342 e. The van der Waals surface area contributed by atoms with Crippen LogP contribution in [0.4, 0.5) is 0 Å². The van der Waals surface area contributed by atoms with Crippen molar-refractivity contribution in [1.82, 2.24) is 24.6 Å². The van der Waals surface area contributed by atoms with E-state index in [0.29, 0.717) is 17.7 Å². The highest BCUT2D eigenvalue weighted by atomic mass is 16.2. The Bertz CT molecular complexity index is 520. The van der Waals surface area contributed by atoms with Gasteiger partial charge in [0.2, 0.25) is 5.91 Å². The fraction of sp³-hybridized carbons (Fsp3) is 0.800. The monoisotopic (exact) mass is 291 g/mol. The van der Waals surface area contributed by atoms with Crippen molar-refractivity contribution < 1.29 is 4.79 Å². The number of carbonyl (C=O) groups is 1. The van der Waals surface area contributed by atoms with Crippen molar-refractivity contribution in [2.75, 3.05) is 27.2 Å². The van der Waals surface area contributed by atoms with Gasteiger partial charge >= 0.3 is 0 Å². The van der Waals surface area contributed by atoms with Crippen molar-refractivity contribution in [1.29, 1.82) is 0 Å². The van der Waals surface area contributed by atoms with Crippen LogP contribution in [-0.4, -0.2) is 57.7 Å². The molecule has 0 spiro atoms. The number of hydrogen-bond donors (Lipinski definition) is 0. The number of likely N-dealkylation sites (tertiary alicyclic amines) is 1. The Morgan fingerprint density at radius 2 is 2.05 bits per heavy atom. The topological polar surface area (TPSA) is 54.3 Å². The van der Waals surface area contributed by atoms with E-state index in [9.17, 15) is 4.79 Å². The molecule has 3 rings (SSSR count). The van der Waals surface area contributed by atoms with E-state index in [1.807, 2.05) is 26.0 Å². The van der Waals surface area contributed by atoms with Crippen molar-refractivity contribution >= 4 is 5.91 Å². The smallest absolute Gasteiger partial charge is 0.225 e. The molecule has 0 aromatic carbocycles. The molecular formula is C15H25N5O. The van der Waals surface area contributed by atoms with Gasteiger partial charge in [-0.2, -0.15) is 0 Å². The SMILES string of the molecule is CN(C)Cc1nnc([C@@H]2CCCN(C(=O)C3CC3)C2)n1C. The van der Waals surface area contributed by atoms with Crippen LogP contribution in [0.25, 0.3) is 0 Å². The molecule has 116 valence electrons. The summed E-state index contributed by atoms with van der Waals surface area (Å²) >= 11 is 0. The molecule has 6 nitrogen and oxygen atoms in total. The molecule has 6 heteroatoms. The van der Waals surface area contributed by atoms with Crippen LogP contribution in [0, 0.1) is 5.92 Å². The van der Waals surface area contributed by atoms with Crippen LogP contribution in [0.3, 0.4) is 0 Å². The summed E-state index contributed by atoms with van der Waals surface area (Å²) in [7, 11) is 6.10. The van der Waals surface area contributed by atoms with Crippen LogP contribution in [-0.2, 0) is 18.4 Å². The van der Waals surface area contributed by atoms with Crippen molar-refractivity contribution in [2.45, 2.75) is 38.1 Å². The van der Waals surface area contributed by atoms with Crippen LogP contribution < -0.4 is 0 Å². The maximum Gasteiger partial charge on any atom is 0.225 e. The zero-order valence-corrected chi connectivity index (χ0v) is 13.2. The number of hydrogen-bond acceptors (Lipinski definition) is 4. The van der Waals surface area contributed by atoms with Crippen LogP contribution in [0.2, 0.25) is 0 Å². The Morgan fingerprint density at radius 3 is 2.71 bits per heavy atom. The summed E-state index contributed by atoms with van der Waals surface area (Å²) in [6, 6.07) is 0. The highest BCUT2D eigenvalue weighted by Gasteiger charge is 2.36. The Morgan fingerprint density at radius 1 is 1.29 bits per heavy atom. The fourth-order valence-electron chi connectivity index (χ4n) is 3.13. The predicted molar refractivity (Wildman–Crippen MR) is 79.7 cm³/mol. The number of nitrogens with zero attached hydrogens (tertiary/aromatic N) is 5. The molecule has 2 fully saturated rings. The van der Waals surface area contributed by atoms with Crippen LogP contribution in [0.1, 0.15) is 43.3 Å². The van der Waals surface area contributed by atoms with Crippen LogP contribution >= 0.6 is 0 Å². The molecule has 1 aliphatic carbocycles. The molecule has 0 radical (unpaired) electrons. The summed E-state index contributed by atoms with van der Waals surface area (Å²) in [6.45, 7) is 2.51. The lowest BCUT2D eigenvalue weighted by Gasteiger charge is -2.32. The van der Waals surface area contributed by atoms with Gasteiger partial charge in [0.05, 0.1) is 6.54 Å². The minimum atomic E-state index is 0.313. The number of aromatic nitrogens is 3. The number of carbonyl (C=O) groups excluding carboxylic acids is 1. The Balaban J connectivity index is 1.71. The van der Waals surface area contributed by atoms with E-state index in [-0.39, 0.29) is 0 Å². The summed E-state index contributed by atoms with van der Waals surface area (Å²) in [5, 5.41) is 8.71. The third kappa shape index (κ3) is 3.10. The summed E-state index contributed by atoms with van der Waals surface area (Å²) in [6.07, 6.45) is 4.33. The first-order chi connectivity index (χ1) is 10.1. The summed E-state index contributed by atoms with van der Waals surface area (Å²) in [5.41, 5.74) is 0. The molecule has 1 aliphatic heterocycles. The van der Waals surface area contributed by atoms with E-state index in [2.05, 4.69) is 19.7 Å². The lowest BCUT2D eigenvalue weighted by Crippen LogP contribution is -2.40. The van der Waals surface area contributed by atoms with E-state index < -0.39 is 0 Å². The summed E-state index contributed by atoms with van der Waals surface area (Å²) in [4.78, 5) is 16.4. The van der Waals surface area contributed by atoms with E-state index in [1.54, 1.807) is 0 Å². The molecule has 2 heterocycles. The molecule has 1 aromatic heterocycles. The Kier molecular flexibility index (Phi) is 3.97. The van der Waals surface area contributed by atoms with Gasteiger partial charge in [0.25, 0.3) is 0 Å². The summed E-state index contributed by atoms with van der Waals surface area (Å²) in [5.74, 6) is 3.01. The Labute approximate surface area is 126 Å². The van der Waals surface area contributed by atoms with Gasteiger partial charge in [0, 0.05) is 32.0 Å². The van der Waals surface area contributed by atoms with Crippen molar-refractivity contribution in [3.05, 3.63) is 11.6 Å². The molecule has 21 heavy (non-hydrogen) atoms. The first-order valence-electron chi connectivity index (χ1n) is 7.88. The van der Waals surface area contributed by atoms with E-state index in [4.69, 9.17) is 0 Å². The Hall–Kier alpha value is -1.43. The van der Waals surface area contributed by atoms with Crippen molar-refractivity contribution in [2.24, 2.45) is 13.0 Å². The zero-order valence-electron chi connectivity index (χ0n) is 13.2. The first-order valence-corrected chi connectivity index (χ1v) is 7.88. The lowest BCUT2D eigenvalue weighted by molar-refractivity contribution is -0.133. The van der Waals surface area contributed by atoms with Gasteiger partial charge in [-0.15, -0.1) is 10.2 Å². The van der Waals surface area contributed by atoms with E-state index in [1.165, 1.54) is 0 Å². The molecule has 1 amide bonds. The highest BCUT2D eigenvalue weighted by molar-refractivity contribution is 5.81. The van der Waals surface area contributed by atoms with Crippen molar-refractivity contribution in [3.63, 3.8) is 0 Å². The molecule has 1 saturated heterocycles. The minimum Gasteiger partial charge on any atom is -0.342 e. The lowest BCUT2D eigenvalue weighted by atomic mass is 9.96. The molecule has 1 saturated carbocycles. The van der Waals surface area contributed by atoms with Crippen molar-refractivity contribution in [3.8, 4) is 0 Å². The fourth-order valence-corrected chi connectivity index (χ4v) is 3.13. The maximum absolute atomic E-state index is 12.2. The molecule has 0 N–H and O–H groups in total. The quantitative estimate of drug-likeness (QED) is 0.830. The third-order valence-corrected chi connectivity index (χ3v) is 4.48. The van der Waals surface area contributed by atoms with E-state index >= 15 is 0 Å². The number of amides is 1. The first kappa shape index (κ1) is 14.5. The highest BCUT2D eigenvalue weighted by Crippen LogP contribution is 2.34. The number of piperidine rings is 1. The minimum absolute atomic E-state index is 0.313. The summed E-state index contributed by atoms with van der Waals surface area (Å²) < 4.78 is 2.11. The second-order valence-corrected chi connectivity index (χ2v) is 6.67. The average molecular weight is 291 g/mol. The molecule has 1 atom stereocenters. The maximum atomic E-state index is 12.2. The molecule has 0 unspecified atom stereocenters. The molecular weight excluding hydrogens is 266 g/mol. The van der Waals surface area contributed by atoms with Gasteiger partial charge in [-0.25, -0.2) is 0 Å². The molecule has 0 bridgehead atoms. The standard InChI is InChI=1S/C15H25N5O/c1-18(2)10-13-16-17-14(19(13)3)12-5-4-8-20(9-12)15(21)11-6-7-11/h11-12H,4-10H2,1-3H3/t12-/m1/s1. The van der Waals surface area contributed by atoms with E-state index in [0.717, 1.165) is 57.0 Å². The van der Waals surface area contributed by atoms with Gasteiger partial charge in [0.1, 0.15) is 11.6 Å².